The molecule has 2 aromatic rings. The van der Waals surface area contributed by atoms with Crippen LogP contribution in [0.4, 0.5) is 0 Å². The largest absolute Gasteiger partial charge is 0.350 e. The van der Waals surface area contributed by atoms with Gasteiger partial charge in [-0.2, -0.15) is 5.10 Å². The third-order valence-corrected chi connectivity index (χ3v) is 3.07. The lowest BCUT2D eigenvalue weighted by Gasteiger charge is -2.13. The molecule has 0 aliphatic carbocycles. The lowest BCUT2D eigenvalue weighted by atomic mass is 10.1. The van der Waals surface area contributed by atoms with Crippen LogP contribution >= 0.6 is 0 Å². The Morgan fingerprint density at radius 3 is 2.63 bits per heavy atom. The van der Waals surface area contributed by atoms with E-state index in [4.69, 9.17) is 5.73 Å². The SMILES string of the molecule is Cc1n[nH]c(C)c1C(=O)NCC(N)c1ccccc1. The number of hydrogen-bond donors (Lipinski definition) is 3. The molecule has 1 aromatic carbocycles. The monoisotopic (exact) mass is 258 g/mol. The third-order valence-electron chi connectivity index (χ3n) is 3.07. The summed E-state index contributed by atoms with van der Waals surface area (Å²) in [5.74, 6) is -0.143. The van der Waals surface area contributed by atoms with Crippen molar-refractivity contribution in [1.82, 2.24) is 15.5 Å². The number of carbonyl (C=O) groups excluding carboxylic acids is 1. The number of nitrogens with zero attached hydrogens (tertiary/aromatic N) is 1. The maximum absolute atomic E-state index is 12.1. The summed E-state index contributed by atoms with van der Waals surface area (Å²) in [7, 11) is 0. The predicted octanol–water partition coefficient (Wildman–Crippen LogP) is 1.46. The average Bonchev–Trinajstić information content (AvgIpc) is 2.76. The molecule has 0 saturated carbocycles. The number of carbonyl (C=O) groups is 1. The van der Waals surface area contributed by atoms with Crippen LogP contribution in [0.2, 0.25) is 0 Å². The maximum atomic E-state index is 12.1. The minimum Gasteiger partial charge on any atom is -0.350 e. The Hall–Kier alpha value is -2.14. The smallest absolute Gasteiger partial charge is 0.255 e. The highest BCUT2D eigenvalue weighted by Crippen LogP contribution is 2.11. The van der Waals surface area contributed by atoms with E-state index in [1.54, 1.807) is 6.92 Å². The minimum absolute atomic E-state index is 0.143. The lowest BCUT2D eigenvalue weighted by molar-refractivity contribution is 0.0950. The Labute approximate surface area is 112 Å². The van der Waals surface area contributed by atoms with E-state index < -0.39 is 0 Å². The van der Waals surface area contributed by atoms with Gasteiger partial charge in [0.15, 0.2) is 0 Å². The first-order valence-electron chi connectivity index (χ1n) is 6.20. The fourth-order valence-electron chi connectivity index (χ4n) is 1.99. The number of amides is 1. The molecule has 0 saturated heterocycles. The summed E-state index contributed by atoms with van der Waals surface area (Å²) in [6.07, 6.45) is 0. The second-order valence-corrected chi connectivity index (χ2v) is 4.54. The van der Waals surface area contributed by atoms with E-state index in [0.717, 1.165) is 11.3 Å². The Balaban J connectivity index is 1.98. The molecular weight excluding hydrogens is 240 g/mol. The first kappa shape index (κ1) is 13.3. The standard InChI is InChI=1S/C14H18N4O/c1-9-13(10(2)18-17-9)14(19)16-8-12(15)11-6-4-3-5-7-11/h3-7,12H,8,15H2,1-2H3,(H,16,19)(H,17,18). The molecule has 1 heterocycles. The zero-order valence-corrected chi connectivity index (χ0v) is 11.1. The fraction of sp³-hybridized carbons (Fsp3) is 0.286. The highest BCUT2D eigenvalue weighted by atomic mass is 16.1. The normalized spacial score (nSPS) is 12.2. The first-order chi connectivity index (χ1) is 9.09. The second-order valence-electron chi connectivity index (χ2n) is 4.54. The Kier molecular flexibility index (Phi) is 3.97. The van der Waals surface area contributed by atoms with Crippen molar-refractivity contribution in [1.29, 1.82) is 0 Å². The van der Waals surface area contributed by atoms with Gasteiger partial charge in [-0.1, -0.05) is 30.3 Å². The molecule has 100 valence electrons. The van der Waals surface area contributed by atoms with Gasteiger partial charge in [0.05, 0.1) is 11.3 Å². The summed E-state index contributed by atoms with van der Waals surface area (Å²) in [5.41, 5.74) is 9.10. The molecule has 1 unspecified atom stereocenters. The van der Waals surface area contributed by atoms with E-state index in [9.17, 15) is 4.79 Å². The highest BCUT2D eigenvalue weighted by molar-refractivity contribution is 5.96. The number of H-pyrrole nitrogens is 1. The zero-order chi connectivity index (χ0) is 13.8. The number of rotatable bonds is 4. The van der Waals surface area contributed by atoms with Crippen LogP contribution in [0.25, 0.3) is 0 Å². The van der Waals surface area contributed by atoms with Gasteiger partial charge in [0.1, 0.15) is 0 Å². The predicted molar refractivity (Wildman–Crippen MR) is 73.8 cm³/mol. The molecule has 0 aliphatic heterocycles. The van der Waals surface area contributed by atoms with Gasteiger partial charge in [-0.05, 0) is 19.4 Å². The molecule has 1 amide bonds. The summed E-state index contributed by atoms with van der Waals surface area (Å²) in [5, 5.41) is 9.64. The van der Waals surface area contributed by atoms with Crippen LogP contribution in [0.1, 0.15) is 33.4 Å². The van der Waals surface area contributed by atoms with Gasteiger partial charge in [-0.25, -0.2) is 0 Å². The van der Waals surface area contributed by atoms with Gasteiger partial charge in [-0.3, -0.25) is 9.89 Å². The van der Waals surface area contributed by atoms with Crippen LogP contribution in [0.5, 0.6) is 0 Å². The van der Waals surface area contributed by atoms with Crippen LogP contribution in [0, 0.1) is 13.8 Å². The van der Waals surface area contributed by atoms with E-state index in [-0.39, 0.29) is 11.9 Å². The molecule has 0 spiro atoms. The van der Waals surface area contributed by atoms with Crippen molar-refractivity contribution in [3.8, 4) is 0 Å². The summed E-state index contributed by atoms with van der Waals surface area (Å²) < 4.78 is 0. The van der Waals surface area contributed by atoms with E-state index in [1.807, 2.05) is 37.3 Å². The summed E-state index contributed by atoms with van der Waals surface area (Å²) in [6.45, 7) is 4.02. The number of aromatic amines is 1. The van der Waals surface area contributed by atoms with Gasteiger partial charge < -0.3 is 11.1 Å². The van der Waals surface area contributed by atoms with Gasteiger partial charge >= 0.3 is 0 Å². The molecule has 4 N–H and O–H groups in total. The topological polar surface area (TPSA) is 83.8 Å². The lowest BCUT2D eigenvalue weighted by Crippen LogP contribution is -2.32. The molecule has 1 atom stereocenters. The van der Waals surface area contributed by atoms with Crippen molar-refractivity contribution in [2.45, 2.75) is 19.9 Å². The molecule has 0 radical (unpaired) electrons. The quantitative estimate of drug-likeness (QED) is 0.776. The van der Waals surface area contributed by atoms with Gasteiger partial charge in [0, 0.05) is 18.3 Å². The minimum atomic E-state index is -0.210. The van der Waals surface area contributed by atoms with Gasteiger partial charge in [0.25, 0.3) is 5.91 Å². The Morgan fingerprint density at radius 1 is 1.37 bits per heavy atom. The molecule has 19 heavy (non-hydrogen) atoms. The Morgan fingerprint density at radius 2 is 2.05 bits per heavy atom. The van der Waals surface area contributed by atoms with Crippen LogP contribution in [-0.2, 0) is 0 Å². The van der Waals surface area contributed by atoms with E-state index >= 15 is 0 Å². The number of aromatic nitrogens is 2. The van der Waals surface area contributed by atoms with Crippen molar-refractivity contribution in [2.75, 3.05) is 6.54 Å². The number of nitrogens with one attached hydrogen (secondary N) is 2. The molecule has 2 rings (SSSR count). The van der Waals surface area contributed by atoms with Gasteiger partial charge in [-0.15, -0.1) is 0 Å². The third kappa shape index (κ3) is 3.00. The molecule has 0 bridgehead atoms. The van der Waals surface area contributed by atoms with Crippen molar-refractivity contribution in [2.24, 2.45) is 5.73 Å². The summed E-state index contributed by atoms with van der Waals surface area (Å²) in [6, 6.07) is 9.49. The van der Waals surface area contributed by atoms with E-state index in [1.165, 1.54) is 0 Å². The zero-order valence-electron chi connectivity index (χ0n) is 11.1. The molecule has 5 nitrogen and oxygen atoms in total. The van der Waals surface area contributed by atoms with E-state index in [2.05, 4.69) is 15.5 Å². The van der Waals surface area contributed by atoms with Crippen LogP contribution < -0.4 is 11.1 Å². The number of aryl methyl sites for hydroxylation is 2. The Bertz CT molecular complexity index is 543. The molecule has 0 aliphatic rings. The number of hydrogen-bond acceptors (Lipinski definition) is 3. The molecule has 0 fully saturated rings. The van der Waals surface area contributed by atoms with Crippen molar-refractivity contribution < 1.29 is 4.79 Å². The molecule has 5 heteroatoms. The van der Waals surface area contributed by atoms with Crippen molar-refractivity contribution in [3.63, 3.8) is 0 Å². The summed E-state index contributed by atoms with van der Waals surface area (Å²) in [4.78, 5) is 12.1. The van der Waals surface area contributed by atoms with Crippen molar-refractivity contribution >= 4 is 5.91 Å². The maximum Gasteiger partial charge on any atom is 0.255 e. The highest BCUT2D eigenvalue weighted by Gasteiger charge is 2.16. The first-order valence-corrected chi connectivity index (χ1v) is 6.20. The van der Waals surface area contributed by atoms with Crippen LogP contribution in [-0.4, -0.2) is 22.6 Å². The molecular formula is C14H18N4O. The van der Waals surface area contributed by atoms with Crippen LogP contribution in [0.3, 0.4) is 0 Å². The fourth-order valence-corrected chi connectivity index (χ4v) is 1.99. The van der Waals surface area contributed by atoms with Crippen LogP contribution in [0.15, 0.2) is 30.3 Å². The van der Waals surface area contributed by atoms with Crippen molar-refractivity contribution in [3.05, 3.63) is 52.8 Å². The second kappa shape index (κ2) is 5.67. The van der Waals surface area contributed by atoms with Gasteiger partial charge in [0.2, 0.25) is 0 Å². The molecule has 1 aromatic heterocycles. The number of benzene rings is 1. The summed E-state index contributed by atoms with van der Waals surface area (Å²) >= 11 is 0. The number of nitrogens with two attached hydrogens (primary N) is 1. The van der Waals surface area contributed by atoms with E-state index in [0.29, 0.717) is 17.8 Å². The average molecular weight is 258 g/mol.